The molecule has 41 heavy (non-hydrogen) atoms. The predicted molar refractivity (Wildman–Crippen MR) is 113 cm³/mol. The number of rotatable bonds is 5. The van der Waals surface area contributed by atoms with Gasteiger partial charge in [-0.3, -0.25) is 0 Å². The first kappa shape index (κ1) is 30.3. The Balaban J connectivity index is 2.47. The van der Waals surface area contributed by atoms with Crippen LogP contribution in [0.2, 0.25) is 0 Å². The first-order valence-electron chi connectivity index (χ1n) is 10.9. The molecule has 0 nitrogen and oxygen atoms in total. The second-order valence-electron chi connectivity index (χ2n) is 8.69. The van der Waals surface area contributed by atoms with Gasteiger partial charge < -0.3 is 0 Å². The van der Waals surface area contributed by atoms with Gasteiger partial charge in [0, 0.05) is 0 Å². The van der Waals surface area contributed by atoms with Crippen molar-refractivity contribution < 1.29 is 65.9 Å². The SMILES string of the molecule is Fc1c(F)c(F)[c]([Al-]([CH2]c2ccccc2)([c]2c(F)c(F)c(F)c(F)c2F)[c]2c(F)c(F)c(F)c(F)c2F)c(F)c1F. The van der Waals surface area contributed by atoms with E-state index < -0.39 is 124 Å². The summed E-state index contributed by atoms with van der Waals surface area (Å²) in [7, 11) is 0. The lowest BCUT2D eigenvalue weighted by atomic mass is 10.2. The van der Waals surface area contributed by atoms with Crippen LogP contribution in [0.5, 0.6) is 0 Å². The van der Waals surface area contributed by atoms with Gasteiger partial charge >= 0.3 is 0 Å². The summed E-state index contributed by atoms with van der Waals surface area (Å²) in [4.78, 5) is 0. The molecule has 0 saturated heterocycles. The fourth-order valence-electron chi connectivity index (χ4n) is 4.87. The van der Waals surface area contributed by atoms with Crippen molar-refractivity contribution in [3.05, 3.63) is 123 Å². The molecule has 0 fully saturated rings. The Hall–Kier alpha value is -3.64. The fraction of sp³-hybridized carbons (Fsp3) is 0.0400. The summed E-state index contributed by atoms with van der Waals surface area (Å²) in [6, 6.07) is 5.03. The number of halogens is 15. The van der Waals surface area contributed by atoms with Crippen molar-refractivity contribution in [2.45, 2.75) is 5.28 Å². The minimum Gasteiger partial charge on any atom is -0.208 e. The highest BCUT2D eigenvalue weighted by atomic mass is 27.2. The number of hydrogen-bond donors (Lipinski definition) is 0. The van der Waals surface area contributed by atoms with Crippen molar-refractivity contribution in [1.29, 1.82) is 0 Å². The smallest absolute Gasteiger partial charge is 0.208 e. The van der Waals surface area contributed by atoms with Crippen LogP contribution in [0.15, 0.2) is 30.3 Å². The van der Waals surface area contributed by atoms with Crippen molar-refractivity contribution in [2.75, 3.05) is 0 Å². The third-order valence-electron chi connectivity index (χ3n) is 6.59. The highest BCUT2D eigenvalue weighted by molar-refractivity contribution is 7.11. The molecule has 0 unspecified atom stereocenters. The molecule has 4 aromatic carbocycles. The lowest BCUT2D eigenvalue weighted by Crippen LogP contribution is -2.74. The summed E-state index contributed by atoms with van der Waals surface area (Å²) in [5.41, 5.74) is -0.561. The summed E-state index contributed by atoms with van der Waals surface area (Å²) in [5.74, 6) is -44.7. The van der Waals surface area contributed by atoms with Crippen LogP contribution in [-0.4, -0.2) is 13.1 Å². The Morgan fingerprint density at radius 3 is 0.780 bits per heavy atom. The van der Waals surface area contributed by atoms with Crippen molar-refractivity contribution in [3.8, 4) is 0 Å². The Labute approximate surface area is 220 Å². The maximum atomic E-state index is 15.4. The highest BCUT2D eigenvalue weighted by Gasteiger charge is 2.51. The topological polar surface area (TPSA) is 0 Å². The molecule has 0 aliphatic carbocycles. The van der Waals surface area contributed by atoms with Gasteiger partial charge in [0.1, 0.15) is 34.9 Å². The molecule has 0 aliphatic rings. The summed E-state index contributed by atoms with van der Waals surface area (Å²) < 4.78 is 213. The van der Waals surface area contributed by atoms with E-state index in [0.29, 0.717) is 0 Å². The minimum atomic E-state index is -7.35. The monoisotopic (exact) mass is 619 g/mol. The summed E-state index contributed by atoms with van der Waals surface area (Å²) in [6.45, 7) is 0. The van der Waals surface area contributed by atoms with Crippen molar-refractivity contribution in [2.24, 2.45) is 0 Å². The molecule has 0 aliphatic heterocycles. The first-order valence-corrected chi connectivity index (χ1v) is 13.4. The Kier molecular flexibility index (Phi) is 7.87. The van der Waals surface area contributed by atoms with Crippen LogP contribution in [0, 0.1) is 87.3 Å². The van der Waals surface area contributed by atoms with Crippen LogP contribution < -0.4 is 13.3 Å². The predicted octanol–water partition coefficient (Wildman–Crippen LogP) is 6.03. The maximum Gasteiger partial charge on any atom is 0.266 e. The van der Waals surface area contributed by atoms with Gasteiger partial charge in [-0.2, -0.15) is 5.28 Å². The van der Waals surface area contributed by atoms with Crippen LogP contribution in [0.1, 0.15) is 5.56 Å². The standard InChI is InChI=1S/C7H7.3C6F5.Al/c1-7-5-3-2-4-6-7;3*7-2-1-3(8)5(10)6(11)4(2)9;/h2-6H,1H2;;;;/q;;;;-1. The third kappa shape index (κ3) is 4.35. The van der Waals surface area contributed by atoms with Gasteiger partial charge in [0.05, 0.1) is 0 Å². The van der Waals surface area contributed by atoms with Gasteiger partial charge in [0.15, 0.2) is 52.4 Å². The van der Waals surface area contributed by atoms with Gasteiger partial charge in [-0.1, -0.05) is 35.9 Å². The fourth-order valence-corrected chi connectivity index (χ4v) is 10.7. The molecule has 0 atom stereocenters. The Morgan fingerprint density at radius 2 is 0.537 bits per heavy atom. The molecule has 0 aromatic heterocycles. The zero-order valence-electron chi connectivity index (χ0n) is 19.3. The molecule has 0 radical (unpaired) electrons. The summed E-state index contributed by atoms with van der Waals surface area (Å²) in [6.07, 6.45) is 0. The molecule has 16 heteroatoms. The van der Waals surface area contributed by atoms with Gasteiger partial charge in [0.25, 0.3) is 13.1 Å². The first-order chi connectivity index (χ1) is 19.1. The van der Waals surface area contributed by atoms with E-state index >= 15 is 26.3 Å². The van der Waals surface area contributed by atoms with Crippen molar-refractivity contribution >= 4 is 26.4 Å². The average Bonchev–Trinajstić information content (AvgIpc) is 2.95. The van der Waals surface area contributed by atoms with E-state index in [-0.39, 0.29) is 0 Å². The van der Waals surface area contributed by atoms with E-state index in [2.05, 4.69) is 0 Å². The van der Waals surface area contributed by atoms with Crippen LogP contribution in [0.25, 0.3) is 0 Å². The number of benzene rings is 4. The maximum absolute atomic E-state index is 15.4. The van der Waals surface area contributed by atoms with E-state index in [9.17, 15) is 39.5 Å². The molecule has 0 heterocycles. The minimum absolute atomic E-state index is 0.561. The van der Waals surface area contributed by atoms with E-state index in [4.69, 9.17) is 0 Å². The largest absolute Gasteiger partial charge is 0.266 e. The third-order valence-corrected chi connectivity index (χ3v) is 12.2. The Morgan fingerprint density at radius 1 is 0.317 bits per heavy atom. The molecule has 0 amide bonds. The zero-order chi connectivity index (χ0) is 30.7. The van der Waals surface area contributed by atoms with Crippen LogP contribution in [0.4, 0.5) is 65.9 Å². The molecule has 4 rings (SSSR count). The second kappa shape index (κ2) is 10.6. The van der Waals surface area contributed by atoms with E-state index in [1.54, 1.807) is 0 Å². The zero-order valence-corrected chi connectivity index (χ0v) is 20.5. The summed E-state index contributed by atoms with van der Waals surface area (Å²) in [5, 5.41) is -1.72. The van der Waals surface area contributed by atoms with Crippen molar-refractivity contribution in [1.82, 2.24) is 0 Å². The van der Waals surface area contributed by atoms with E-state index in [0.717, 1.165) is 24.3 Å². The van der Waals surface area contributed by atoms with Crippen LogP contribution >= 0.6 is 0 Å². The summed E-state index contributed by atoms with van der Waals surface area (Å²) >= 11 is -7.35. The number of hydrogen-bond acceptors (Lipinski definition) is 0. The second-order valence-corrected chi connectivity index (χ2v) is 12.9. The van der Waals surface area contributed by atoms with E-state index in [1.807, 2.05) is 0 Å². The highest BCUT2D eigenvalue weighted by Crippen LogP contribution is 2.29. The average molecular weight is 619 g/mol. The van der Waals surface area contributed by atoms with Crippen molar-refractivity contribution in [3.63, 3.8) is 0 Å². The van der Waals surface area contributed by atoms with Gasteiger partial charge in [-0.15, -0.1) is 13.3 Å². The normalized spacial score (nSPS) is 11.9. The molecule has 4 aromatic rings. The van der Waals surface area contributed by atoms with Crippen LogP contribution in [0.3, 0.4) is 0 Å². The lowest BCUT2D eigenvalue weighted by molar-refractivity contribution is 0.379. The lowest BCUT2D eigenvalue weighted by Gasteiger charge is -2.41. The Bertz CT molecular complexity index is 1460. The quantitative estimate of drug-likeness (QED) is 0.111. The van der Waals surface area contributed by atoms with Gasteiger partial charge in [-0.25, -0.2) is 65.9 Å². The van der Waals surface area contributed by atoms with Crippen LogP contribution in [-0.2, 0) is 5.28 Å². The molecular formula is C25H7AlF15-. The van der Waals surface area contributed by atoms with Gasteiger partial charge in [-0.05, 0) is 0 Å². The molecular weight excluding hydrogens is 612 g/mol. The van der Waals surface area contributed by atoms with Gasteiger partial charge in [0.2, 0.25) is 0 Å². The molecule has 0 spiro atoms. The van der Waals surface area contributed by atoms with E-state index in [1.165, 1.54) is 6.07 Å². The molecule has 0 saturated carbocycles. The molecule has 216 valence electrons. The molecule has 0 N–H and O–H groups in total. The molecule has 0 bridgehead atoms.